The molecule has 3 heteroatoms. The molecule has 35 heavy (non-hydrogen) atoms. The maximum absolute atomic E-state index is 15.1. The van der Waals surface area contributed by atoms with Gasteiger partial charge < -0.3 is 0 Å². The van der Waals surface area contributed by atoms with Crippen LogP contribution in [0.25, 0.3) is 12.2 Å². The Labute approximate surface area is 214 Å². The monoisotopic (exact) mass is 550 g/mol. The van der Waals surface area contributed by atoms with Crippen LogP contribution in [0.15, 0.2) is 121 Å². The zero-order valence-corrected chi connectivity index (χ0v) is 22.4. The van der Waals surface area contributed by atoms with Crippen LogP contribution in [0.2, 0.25) is 0 Å². The number of allylic oxidation sites excluding steroid dienone is 2. The Balaban J connectivity index is 1.56. The molecule has 4 aromatic carbocycles. The van der Waals surface area contributed by atoms with E-state index < -0.39 is 19.1 Å². The molecule has 0 saturated heterocycles. The molecule has 1 nitrogen and oxygen atoms in total. The van der Waals surface area contributed by atoms with E-state index >= 15 is 4.79 Å². The van der Waals surface area contributed by atoms with Crippen LogP contribution in [0.5, 0.6) is 0 Å². The summed E-state index contributed by atoms with van der Waals surface area (Å²) in [4.78, 5) is 15.1. The van der Waals surface area contributed by atoms with Gasteiger partial charge in [-0.25, -0.2) is 0 Å². The van der Waals surface area contributed by atoms with Crippen molar-refractivity contribution >= 4 is 24.2 Å². The van der Waals surface area contributed by atoms with E-state index in [0.717, 1.165) is 11.1 Å². The molecule has 2 aliphatic rings. The fraction of sp³-hybridized carbons (Fsp3) is 0.0938. The molecule has 0 amide bonds. The molecule has 0 N–H and O–H groups in total. The van der Waals surface area contributed by atoms with Crippen LogP contribution in [0, 0.1) is 0 Å². The van der Waals surface area contributed by atoms with E-state index in [0.29, 0.717) is 0 Å². The Morgan fingerprint density at radius 1 is 0.600 bits per heavy atom. The third-order valence-corrected chi connectivity index (χ3v) is 20.8. The van der Waals surface area contributed by atoms with E-state index in [-0.39, 0.29) is 16.7 Å². The SMILES string of the molecule is O=[C](C(c1ccccc1)c1ccccc1)[Zr]([Cl])([CH]1C=Cc2ccccc21)[CH]1C=Cc2ccccc21. The van der Waals surface area contributed by atoms with Gasteiger partial charge in [-0.1, -0.05) is 0 Å². The molecule has 4 aromatic rings. The van der Waals surface area contributed by atoms with Crippen molar-refractivity contribution < 1.29 is 23.9 Å². The van der Waals surface area contributed by atoms with E-state index in [1.807, 2.05) is 36.4 Å². The van der Waals surface area contributed by atoms with Crippen molar-refractivity contribution in [1.29, 1.82) is 0 Å². The Morgan fingerprint density at radius 2 is 1.00 bits per heavy atom. The van der Waals surface area contributed by atoms with Crippen molar-refractivity contribution in [2.45, 2.75) is 13.2 Å². The molecule has 170 valence electrons. The third kappa shape index (κ3) is 3.84. The Bertz CT molecular complexity index is 1340. The number of carbonyl (C=O) groups is 1. The zero-order chi connectivity index (χ0) is 23.8. The second-order valence-electron chi connectivity index (χ2n) is 9.32. The van der Waals surface area contributed by atoms with Crippen LogP contribution in [0.4, 0.5) is 0 Å². The summed E-state index contributed by atoms with van der Waals surface area (Å²) in [5.74, 6) is -0.381. The summed E-state index contributed by atoms with van der Waals surface area (Å²) in [6.45, 7) is 0. The first-order chi connectivity index (χ1) is 17.2. The van der Waals surface area contributed by atoms with Gasteiger partial charge in [0.25, 0.3) is 0 Å². The molecule has 6 rings (SSSR count). The zero-order valence-electron chi connectivity index (χ0n) is 19.2. The molecular weight excluding hydrogens is 527 g/mol. The molecule has 0 aromatic heterocycles. The molecule has 0 fully saturated rings. The van der Waals surface area contributed by atoms with Gasteiger partial charge >= 0.3 is 216 Å². The quantitative estimate of drug-likeness (QED) is 0.236. The van der Waals surface area contributed by atoms with E-state index in [9.17, 15) is 0 Å². The van der Waals surface area contributed by atoms with E-state index in [1.54, 1.807) is 0 Å². The molecule has 0 spiro atoms. The topological polar surface area (TPSA) is 17.1 Å². The summed E-state index contributed by atoms with van der Waals surface area (Å²) in [5.41, 5.74) is 6.78. The fourth-order valence-electron chi connectivity index (χ4n) is 5.74. The number of hydrogen-bond donors (Lipinski definition) is 0. The van der Waals surface area contributed by atoms with Crippen LogP contribution >= 0.6 is 8.51 Å². The maximum atomic E-state index is 15.1. The average molecular weight is 552 g/mol. The molecule has 0 bridgehead atoms. The number of benzene rings is 4. The Kier molecular flexibility index (Phi) is 6.05. The third-order valence-electron chi connectivity index (χ3n) is 7.41. The van der Waals surface area contributed by atoms with Gasteiger partial charge in [-0.05, 0) is 0 Å². The summed E-state index contributed by atoms with van der Waals surface area (Å²) in [7, 11) is 8.01. The summed E-state index contributed by atoms with van der Waals surface area (Å²) >= 11 is -4.31. The van der Waals surface area contributed by atoms with Crippen molar-refractivity contribution in [3.8, 4) is 0 Å². The minimum atomic E-state index is -4.31. The predicted molar refractivity (Wildman–Crippen MR) is 142 cm³/mol. The molecule has 0 aliphatic heterocycles. The van der Waals surface area contributed by atoms with Crippen molar-refractivity contribution in [3.63, 3.8) is 0 Å². The number of hydrogen-bond acceptors (Lipinski definition) is 1. The van der Waals surface area contributed by atoms with Crippen LogP contribution in [-0.4, -0.2) is 3.49 Å². The molecule has 0 saturated carbocycles. The van der Waals surface area contributed by atoms with Gasteiger partial charge in [-0.3, -0.25) is 0 Å². The first-order valence-electron chi connectivity index (χ1n) is 12.1. The van der Waals surface area contributed by atoms with Crippen molar-refractivity contribution in [2.75, 3.05) is 0 Å². The van der Waals surface area contributed by atoms with Crippen LogP contribution in [-0.2, 0) is 23.9 Å². The van der Waals surface area contributed by atoms with Crippen LogP contribution < -0.4 is 0 Å². The number of halogens is 1. The standard InChI is InChI=1S/C14H11O.2C9H7.ClH.Zr/c15-11-14(12-7-3-1-4-8-12)13-9-5-2-6-10-13;2*1-2-5-9-7-3-6-8(9)4-1;;/h1-10,14H;2*1-7H;1H;/q;;;;+1/p-1. The van der Waals surface area contributed by atoms with E-state index in [2.05, 4.69) is 97.1 Å². The molecule has 2 aliphatic carbocycles. The summed E-state index contributed by atoms with van der Waals surface area (Å²) < 4.78 is 0.159. The van der Waals surface area contributed by atoms with Gasteiger partial charge in [-0.15, -0.1) is 0 Å². The number of fused-ring (bicyclic) bond motifs is 2. The number of carbonyl (C=O) groups excluding carboxylic acids is 1. The first kappa shape index (κ1) is 22.7. The van der Waals surface area contributed by atoms with Crippen molar-refractivity contribution in [3.05, 3.63) is 155 Å². The summed E-state index contributed by atoms with van der Waals surface area (Å²) in [5, 5.41) is 0. The van der Waals surface area contributed by atoms with Crippen molar-refractivity contribution in [1.82, 2.24) is 0 Å². The number of rotatable bonds is 6. The van der Waals surface area contributed by atoms with E-state index in [1.165, 1.54) is 22.3 Å². The molecule has 2 unspecified atom stereocenters. The first-order valence-corrected chi connectivity index (χ1v) is 19.3. The molecule has 2 atom stereocenters. The Morgan fingerprint density at radius 3 is 1.46 bits per heavy atom. The minimum absolute atomic E-state index is 0.0367. The molecule has 0 radical (unpaired) electrons. The van der Waals surface area contributed by atoms with Gasteiger partial charge in [0.15, 0.2) is 0 Å². The van der Waals surface area contributed by atoms with Gasteiger partial charge in [0.2, 0.25) is 0 Å². The normalized spacial score (nSPS) is 19.4. The summed E-state index contributed by atoms with van der Waals surface area (Å²) in [6.07, 6.45) is 8.75. The van der Waals surface area contributed by atoms with Crippen molar-refractivity contribution in [2.24, 2.45) is 0 Å². The second-order valence-corrected chi connectivity index (χ2v) is 21.1. The van der Waals surface area contributed by atoms with Gasteiger partial charge in [0, 0.05) is 0 Å². The van der Waals surface area contributed by atoms with Gasteiger partial charge in [0.1, 0.15) is 0 Å². The average Bonchev–Trinajstić information content (AvgIpc) is 3.55. The summed E-state index contributed by atoms with van der Waals surface area (Å²) in [6, 6.07) is 37.1. The van der Waals surface area contributed by atoms with Gasteiger partial charge in [0.05, 0.1) is 0 Å². The van der Waals surface area contributed by atoms with Gasteiger partial charge in [-0.2, -0.15) is 0 Å². The Hall–Kier alpha value is -2.80. The fourth-order valence-corrected chi connectivity index (χ4v) is 18.4. The predicted octanol–water partition coefficient (Wildman–Crippen LogP) is 8.19. The van der Waals surface area contributed by atoms with E-state index in [4.69, 9.17) is 8.51 Å². The van der Waals surface area contributed by atoms with Crippen LogP contribution in [0.3, 0.4) is 0 Å². The molecule has 0 heterocycles. The van der Waals surface area contributed by atoms with Crippen LogP contribution in [0.1, 0.15) is 46.6 Å². The second kappa shape index (κ2) is 9.34. The molecular formula is C32H25ClOZr.